The number of para-hydroxylation sites is 1. The van der Waals surface area contributed by atoms with Crippen molar-refractivity contribution in [2.45, 2.75) is 44.8 Å². The molecule has 4 aromatic rings. The van der Waals surface area contributed by atoms with Gasteiger partial charge in [-0.2, -0.15) is 0 Å². The normalized spacial score (nSPS) is 20.4. The second-order valence-electron chi connectivity index (χ2n) is 7.50. The predicted molar refractivity (Wildman–Crippen MR) is 107 cm³/mol. The summed E-state index contributed by atoms with van der Waals surface area (Å²) >= 11 is 0. The summed E-state index contributed by atoms with van der Waals surface area (Å²) in [5.41, 5.74) is 5.16. The van der Waals surface area contributed by atoms with E-state index in [1.165, 1.54) is 10.9 Å². The molecule has 1 aromatic carbocycles. The van der Waals surface area contributed by atoms with Crippen molar-refractivity contribution in [3.05, 3.63) is 48.2 Å². The van der Waals surface area contributed by atoms with E-state index in [4.69, 9.17) is 5.10 Å². The summed E-state index contributed by atoms with van der Waals surface area (Å²) in [5.74, 6) is 0.843. The number of aliphatic hydroxyl groups is 1. The van der Waals surface area contributed by atoms with Crippen molar-refractivity contribution >= 4 is 22.4 Å². The highest BCUT2D eigenvalue weighted by molar-refractivity contribution is 5.87. The Morgan fingerprint density at radius 2 is 2.00 bits per heavy atom. The molecule has 1 aliphatic carbocycles. The third-order valence-electron chi connectivity index (χ3n) is 5.55. The number of anilines is 1. The molecule has 27 heavy (non-hydrogen) atoms. The Hall–Kier alpha value is -2.86. The Kier molecular flexibility index (Phi) is 3.86. The molecule has 3 heterocycles. The number of hydrogen-bond acceptors (Lipinski definition) is 4. The molecule has 0 spiro atoms. The number of H-pyrrole nitrogens is 1. The number of aromatic amines is 1. The van der Waals surface area contributed by atoms with Gasteiger partial charge in [-0.3, -0.25) is 0 Å². The molecule has 6 heteroatoms. The van der Waals surface area contributed by atoms with Crippen LogP contribution in [0.4, 0.5) is 5.82 Å². The van der Waals surface area contributed by atoms with Gasteiger partial charge in [-0.05, 0) is 56.4 Å². The molecule has 3 aromatic heterocycles. The number of fused-ring (bicyclic) bond motifs is 2. The van der Waals surface area contributed by atoms with E-state index < -0.39 is 0 Å². The van der Waals surface area contributed by atoms with Crippen LogP contribution in [0.3, 0.4) is 0 Å². The van der Waals surface area contributed by atoms with E-state index >= 15 is 0 Å². The summed E-state index contributed by atoms with van der Waals surface area (Å²) < 4.78 is 1.89. The van der Waals surface area contributed by atoms with E-state index in [9.17, 15) is 5.11 Å². The van der Waals surface area contributed by atoms with E-state index in [0.717, 1.165) is 54.1 Å². The van der Waals surface area contributed by atoms with E-state index in [1.807, 2.05) is 22.8 Å². The van der Waals surface area contributed by atoms with Gasteiger partial charge in [0.15, 0.2) is 5.65 Å². The first-order chi connectivity index (χ1) is 13.2. The molecule has 3 N–H and O–H groups in total. The minimum atomic E-state index is -0.149. The summed E-state index contributed by atoms with van der Waals surface area (Å²) in [6.07, 6.45) is 5.36. The van der Waals surface area contributed by atoms with Crippen molar-refractivity contribution in [1.82, 2.24) is 19.6 Å². The zero-order chi connectivity index (χ0) is 18.4. The van der Waals surface area contributed by atoms with Crippen molar-refractivity contribution in [2.24, 2.45) is 0 Å². The number of hydrogen-bond donors (Lipinski definition) is 3. The summed E-state index contributed by atoms with van der Waals surface area (Å²) in [4.78, 5) is 8.02. The smallest absolute Gasteiger partial charge is 0.154 e. The predicted octanol–water partition coefficient (Wildman–Crippen LogP) is 3.90. The van der Waals surface area contributed by atoms with Gasteiger partial charge >= 0.3 is 0 Å². The first-order valence-electron chi connectivity index (χ1n) is 9.55. The molecule has 0 amide bonds. The highest BCUT2D eigenvalue weighted by Crippen LogP contribution is 2.27. The van der Waals surface area contributed by atoms with Gasteiger partial charge in [0.1, 0.15) is 11.5 Å². The number of aromatic nitrogens is 4. The molecule has 0 saturated heterocycles. The van der Waals surface area contributed by atoms with Gasteiger partial charge in [0.05, 0.1) is 18.0 Å². The van der Waals surface area contributed by atoms with Gasteiger partial charge in [0, 0.05) is 16.9 Å². The van der Waals surface area contributed by atoms with Crippen molar-refractivity contribution in [3.63, 3.8) is 0 Å². The van der Waals surface area contributed by atoms with Crippen LogP contribution in [0, 0.1) is 6.92 Å². The molecule has 5 rings (SSSR count). The molecule has 0 bridgehead atoms. The summed E-state index contributed by atoms with van der Waals surface area (Å²) in [7, 11) is 0. The van der Waals surface area contributed by atoms with Gasteiger partial charge in [-0.1, -0.05) is 18.2 Å². The van der Waals surface area contributed by atoms with Crippen LogP contribution in [0.15, 0.2) is 42.6 Å². The minimum absolute atomic E-state index is 0.149. The topological polar surface area (TPSA) is 78.2 Å². The van der Waals surface area contributed by atoms with Crippen LogP contribution in [0.2, 0.25) is 0 Å². The van der Waals surface area contributed by atoms with Gasteiger partial charge in [-0.25, -0.2) is 9.50 Å². The first kappa shape index (κ1) is 16.3. The van der Waals surface area contributed by atoms with Crippen molar-refractivity contribution in [1.29, 1.82) is 0 Å². The van der Waals surface area contributed by atoms with Gasteiger partial charge in [0.25, 0.3) is 0 Å². The first-order valence-corrected chi connectivity index (χ1v) is 9.55. The number of aryl methyl sites for hydroxylation is 1. The molecule has 0 aliphatic heterocycles. The van der Waals surface area contributed by atoms with Crippen LogP contribution in [0.5, 0.6) is 0 Å². The van der Waals surface area contributed by atoms with Gasteiger partial charge in [-0.15, -0.1) is 5.10 Å². The Morgan fingerprint density at radius 1 is 1.15 bits per heavy atom. The quantitative estimate of drug-likeness (QED) is 0.517. The lowest BCUT2D eigenvalue weighted by atomic mass is 9.93. The van der Waals surface area contributed by atoms with Crippen molar-refractivity contribution < 1.29 is 5.11 Å². The summed E-state index contributed by atoms with van der Waals surface area (Å²) in [6, 6.07) is 12.8. The maximum atomic E-state index is 9.69. The van der Waals surface area contributed by atoms with Crippen molar-refractivity contribution in [2.75, 3.05) is 5.32 Å². The van der Waals surface area contributed by atoms with Crippen LogP contribution >= 0.6 is 0 Å². The largest absolute Gasteiger partial charge is 0.393 e. The fourth-order valence-corrected chi connectivity index (χ4v) is 4.01. The zero-order valence-corrected chi connectivity index (χ0v) is 15.3. The molecule has 138 valence electrons. The Balaban J connectivity index is 1.50. The average Bonchev–Trinajstić information content (AvgIpc) is 3.28. The number of nitrogens with one attached hydrogen (secondary N) is 2. The van der Waals surface area contributed by atoms with Crippen LogP contribution in [-0.4, -0.2) is 36.8 Å². The Morgan fingerprint density at radius 3 is 2.81 bits per heavy atom. The molecule has 0 unspecified atom stereocenters. The number of imidazole rings is 1. The molecule has 1 aliphatic rings. The van der Waals surface area contributed by atoms with Crippen LogP contribution in [0.1, 0.15) is 31.2 Å². The maximum absolute atomic E-state index is 9.69. The standard InChI is InChI=1S/C21H23N5O/c1-13-3-2-4-14-11-17(24-21(13)14)18-12-22-20-10-9-19(25-26(18)20)23-15-5-7-16(27)8-6-15/h2-4,9-12,15-16,24,27H,5-8H2,1H3,(H,23,25)/t15-,16-. The second-order valence-corrected chi connectivity index (χ2v) is 7.50. The van der Waals surface area contributed by atoms with Crippen LogP contribution < -0.4 is 5.32 Å². The molecule has 1 fully saturated rings. The highest BCUT2D eigenvalue weighted by Gasteiger charge is 2.20. The SMILES string of the molecule is Cc1cccc2cc(-c3cnc4ccc(N[C@H]5CC[C@H](O)CC5)nn34)[nH]c12. The number of nitrogens with zero attached hydrogens (tertiary/aromatic N) is 3. The van der Waals surface area contributed by atoms with E-state index in [1.54, 1.807) is 0 Å². The van der Waals surface area contributed by atoms with E-state index in [0.29, 0.717) is 6.04 Å². The van der Waals surface area contributed by atoms with Crippen molar-refractivity contribution in [3.8, 4) is 11.4 Å². The molecular formula is C21H23N5O. The third kappa shape index (κ3) is 2.96. The molecule has 1 saturated carbocycles. The summed E-state index contributed by atoms with van der Waals surface area (Å²) in [6.45, 7) is 2.11. The summed E-state index contributed by atoms with van der Waals surface area (Å²) in [5, 5.41) is 19.2. The number of rotatable bonds is 3. The Labute approximate surface area is 157 Å². The lowest BCUT2D eigenvalue weighted by molar-refractivity contribution is 0.126. The van der Waals surface area contributed by atoms with E-state index in [2.05, 4.69) is 46.5 Å². The van der Waals surface area contributed by atoms with Gasteiger partial charge < -0.3 is 15.4 Å². The molecule has 0 atom stereocenters. The fraction of sp³-hybridized carbons (Fsp3) is 0.333. The molecule has 0 radical (unpaired) electrons. The van der Waals surface area contributed by atoms with Crippen LogP contribution in [-0.2, 0) is 0 Å². The molecular weight excluding hydrogens is 338 g/mol. The minimum Gasteiger partial charge on any atom is -0.393 e. The zero-order valence-electron chi connectivity index (χ0n) is 15.3. The lowest BCUT2D eigenvalue weighted by Crippen LogP contribution is -2.28. The lowest BCUT2D eigenvalue weighted by Gasteiger charge is -2.26. The van der Waals surface area contributed by atoms with Gasteiger partial charge in [0.2, 0.25) is 0 Å². The number of aliphatic hydroxyl groups excluding tert-OH is 1. The molecule has 6 nitrogen and oxygen atoms in total. The fourth-order valence-electron chi connectivity index (χ4n) is 4.01. The maximum Gasteiger partial charge on any atom is 0.154 e. The number of benzene rings is 1. The Bertz CT molecular complexity index is 1100. The highest BCUT2D eigenvalue weighted by atomic mass is 16.3. The van der Waals surface area contributed by atoms with E-state index in [-0.39, 0.29) is 6.10 Å². The monoisotopic (exact) mass is 361 g/mol. The van der Waals surface area contributed by atoms with Crippen LogP contribution in [0.25, 0.3) is 27.9 Å². The third-order valence-corrected chi connectivity index (χ3v) is 5.55. The average molecular weight is 361 g/mol. The second kappa shape index (κ2) is 6.39.